The van der Waals surface area contributed by atoms with Gasteiger partial charge in [0.05, 0.1) is 0 Å². The summed E-state index contributed by atoms with van der Waals surface area (Å²) < 4.78 is 19.6. The van der Waals surface area contributed by atoms with E-state index in [-0.39, 0.29) is 0 Å². The van der Waals surface area contributed by atoms with Gasteiger partial charge in [-0.3, -0.25) is 0 Å². The third-order valence-corrected chi connectivity index (χ3v) is 1.71. The zero-order chi connectivity index (χ0) is 9.24. The zero-order valence-electron chi connectivity index (χ0n) is 7.45. The van der Waals surface area contributed by atoms with Crippen LogP contribution in [0, 0.1) is 0 Å². The lowest BCUT2D eigenvalue weighted by Gasteiger charge is -2.48. The van der Waals surface area contributed by atoms with Crippen LogP contribution in [0.2, 0.25) is 0 Å². The Labute approximate surface area is 70.2 Å². The van der Waals surface area contributed by atoms with Gasteiger partial charge in [0.15, 0.2) is 0 Å². The van der Waals surface area contributed by atoms with E-state index in [1.54, 1.807) is 0 Å². The van der Waals surface area contributed by atoms with Crippen LogP contribution in [0.5, 0.6) is 0 Å². The average Bonchev–Trinajstić information content (AvgIpc) is 2.08. The van der Waals surface area contributed by atoms with Crippen LogP contribution in [0.25, 0.3) is 0 Å². The third-order valence-electron chi connectivity index (χ3n) is 1.71. The second-order valence-electron chi connectivity index (χ2n) is 2.10. The maximum atomic E-state index is 4.90. The van der Waals surface area contributed by atoms with Crippen molar-refractivity contribution in [1.29, 1.82) is 0 Å². The first-order valence-electron chi connectivity index (χ1n) is 3.27. The summed E-state index contributed by atoms with van der Waals surface area (Å²) in [5.41, 5.74) is 0. The zero-order valence-corrected chi connectivity index (χ0v) is 7.45. The minimum atomic E-state index is -1.45. The van der Waals surface area contributed by atoms with Crippen molar-refractivity contribution >= 4 is 0 Å². The first-order chi connectivity index (χ1) is 5.70. The third kappa shape index (κ3) is 0.972. The van der Waals surface area contributed by atoms with Crippen molar-refractivity contribution in [3.63, 3.8) is 0 Å². The highest BCUT2D eigenvalue weighted by Crippen LogP contribution is 2.42. The fourth-order valence-electron chi connectivity index (χ4n) is 0.980. The number of rotatable bonds is 4. The predicted octanol–water partition coefficient (Wildman–Crippen LogP) is -0.159. The molecule has 0 saturated carbocycles. The van der Waals surface area contributed by atoms with Gasteiger partial charge in [0.25, 0.3) is 0 Å². The highest BCUT2D eigenvalue weighted by Gasteiger charge is 2.70. The van der Waals surface area contributed by atoms with Gasteiger partial charge in [0, 0.05) is 28.4 Å². The van der Waals surface area contributed by atoms with Crippen LogP contribution in [-0.4, -0.2) is 40.4 Å². The Bertz CT molecular complexity index is 121. The van der Waals surface area contributed by atoms with E-state index < -0.39 is 11.9 Å². The predicted molar refractivity (Wildman–Crippen MR) is 35.7 cm³/mol. The van der Waals surface area contributed by atoms with Gasteiger partial charge in [-0.1, -0.05) is 0 Å². The molecule has 0 aromatic heterocycles. The highest BCUT2D eigenvalue weighted by molar-refractivity contribution is 4.75. The van der Waals surface area contributed by atoms with Crippen LogP contribution in [-0.2, 0) is 28.7 Å². The minimum absolute atomic E-state index is 1.39. The summed E-state index contributed by atoms with van der Waals surface area (Å²) in [5, 5.41) is 0. The van der Waals surface area contributed by atoms with Gasteiger partial charge in [-0.05, 0) is 0 Å². The summed E-state index contributed by atoms with van der Waals surface area (Å²) in [6.07, 6.45) is 0. The molecule has 0 radical (unpaired) electrons. The van der Waals surface area contributed by atoms with Crippen LogP contribution in [0.4, 0.5) is 0 Å². The van der Waals surface area contributed by atoms with Gasteiger partial charge < -0.3 is 18.9 Å². The van der Waals surface area contributed by atoms with Gasteiger partial charge in [-0.15, -0.1) is 0 Å². The van der Waals surface area contributed by atoms with E-state index in [0.29, 0.717) is 0 Å². The quantitative estimate of drug-likeness (QED) is 0.442. The van der Waals surface area contributed by atoms with Crippen LogP contribution in [0.1, 0.15) is 0 Å². The Kier molecular flexibility index (Phi) is 2.67. The summed E-state index contributed by atoms with van der Waals surface area (Å²) in [4.78, 5) is 9.24. The molecule has 0 spiro atoms. The van der Waals surface area contributed by atoms with E-state index in [2.05, 4.69) is 9.78 Å². The molecule has 0 aromatic rings. The molecule has 1 saturated heterocycles. The molecule has 1 aliphatic heterocycles. The molecule has 6 nitrogen and oxygen atoms in total. The fourth-order valence-corrected chi connectivity index (χ4v) is 0.980. The van der Waals surface area contributed by atoms with E-state index in [1.165, 1.54) is 28.4 Å². The maximum Gasteiger partial charge on any atom is 0.399 e. The second kappa shape index (κ2) is 3.25. The molecule has 0 aromatic carbocycles. The molecule has 1 fully saturated rings. The lowest BCUT2D eigenvalue weighted by molar-refractivity contribution is -0.751. The standard InChI is InChI=1S/C6H12O6/c1-7-5(8-2)6(9-3,10-4)12-11-5/h1-4H3. The van der Waals surface area contributed by atoms with Crippen molar-refractivity contribution in [1.82, 2.24) is 0 Å². The first kappa shape index (κ1) is 9.85. The molecule has 0 amide bonds. The molecule has 0 bridgehead atoms. The fraction of sp³-hybridized carbons (Fsp3) is 1.00. The van der Waals surface area contributed by atoms with E-state index in [9.17, 15) is 0 Å². The molecule has 0 N–H and O–H groups in total. The molecule has 6 heteroatoms. The Balaban J connectivity index is 2.77. The van der Waals surface area contributed by atoms with Crippen LogP contribution in [0.3, 0.4) is 0 Å². The second-order valence-corrected chi connectivity index (χ2v) is 2.10. The molecule has 72 valence electrons. The lowest BCUT2D eigenvalue weighted by atomic mass is 10.4. The maximum absolute atomic E-state index is 4.90. The monoisotopic (exact) mass is 180 g/mol. The normalized spacial score (nSPS) is 25.0. The largest absolute Gasteiger partial charge is 0.399 e. The summed E-state index contributed by atoms with van der Waals surface area (Å²) in [7, 11) is 5.55. The smallest absolute Gasteiger partial charge is 0.322 e. The SMILES string of the molecule is COC1(OC)OOC1(OC)OC. The van der Waals surface area contributed by atoms with Crippen molar-refractivity contribution in [3.05, 3.63) is 0 Å². The van der Waals surface area contributed by atoms with Gasteiger partial charge in [0.2, 0.25) is 0 Å². The molecule has 0 atom stereocenters. The number of hydrogen-bond acceptors (Lipinski definition) is 6. The van der Waals surface area contributed by atoms with Crippen LogP contribution in [0.15, 0.2) is 0 Å². The van der Waals surface area contributed by atoms with E-state index in [0.717, 1.165) is 0 Å². The number of methoxy groups -OCH3 is 4. The van der Waals surface area contributed by atoms with Crippen molar-refractivity contribution in [2.24, 2.45) is 0 Å². The van der Waals surface area contributed by atoms with Crippen LogP contribution >= 0.6 is 0 Å². The lowest BCUT2D eigenvalue weighted by Crippen LogP contribution is -2.71. The van der Waals surface area contributed by atoms with Gasteiger partial charge in [-0.2, -0.15) is 9.78 Å². The minimum Gasteiger partial charge on any atom is -0.322 e. The Hall–Kier alpha value is -0.240. The molecule has 12 heavy (non-hydrogen) atoms. The van der Waals surface area contributed by atoms with Gasteiger partial charge in [-0.25, -0.2) is 0 Å². The number of ether oxygens (including phenoxy) is 4. The highest BCUT2D eigenvalue weighted by atomic mass is 17.4. The van der Waals surface area contributed by atoms with E-state index in [4.69, 9.17) is 18.9 Å². The van der Waals surface area contributed by atoms with Gasteiger partial charge in [0.1, 0.15) is 0 Å². The number of hydrogen-bond donors (Lipinski definition) is 0. The Morgan fingerprint density at radius 3 is 1.00 bits per heavy atom. The van der Waals surface area contributed by atoms with Crippen LogP contribution < -0.4 is 0 Å². The van der Waals surface area contributed by atoms with Crippen molar-refractivity contribution in [2.45, 2.75) is 11.9 Å². The van der Waals surface area contributed by atoms with Crippen molar-refractivity contribution in [2.75, 3.05) is 28.4 Å². The Morgan fingerprint density at radius 1 is 0.667 bits per heavy atom. The molecular formula is C6H12O6. The Morgan fingerprint density at radius 2 is 0.917 bits per heavy atom. The van der Waals surface area contributed by atoms with E-state index in [1.807, 2.05) is 0 Å². The average molecular weight is 180 g/mol. The molecule has 1 aliphatic rings. The molecule has 1 rings (SSSR count). The van der Waals surface area contributed by atoms with Gasteiger partial charge >= 0.3 is 11.9 Å². The molecule has 0 unspecified atom stereocenters. The molecule has 1 heterocycles. The summed E-state index contributed by atoms with van der Waals surface area (Å²) in [5.74, 6) is -2.90. The molecular weight excluding hydrogens is 168 g/mol. The summed E-state index contributed by atoms with van der Waals surface area (Å²) in [6, 6.07) is 0. The summed E-state index contributed by atoms with van der Waals surface area (Å²) >= 11 is 0. The summed E-state index contributed by atoms with van der Waals surface area (Å²) in [6.45, 7) is 0. The molecule has 0 aliphatic carbocycles. The topological polar surface area (TPSA) is 55.4 Å². The first-order valence-corrected chi connectivity index (χ1v) is 3.27. The van der Waals surface area contributed by atoms with E-state index >= 15 is 0 Å². The van der Waals surface area contributed by atoms with Crippen molar-refractivity contribution in [3.8, 4) is 0 Å². The van der Waals surface area contributed by atoms with Crippen molar-refractivity contribution < 1.29 is 28.7 Å².